The van der Waals surface area contributed by atoms with Crippen LogP contribution in [0.4, 0.5) is 0 Å². The van der Waals surface area contributed by atoms with Gasteiger partial charge in [-0.15, -0.1) is 0 Å². The number of esters is 1. The van der Waals surface area contributed by atoms with E-state index >= 15 is 0 Å². The summed E-state index contributed by atoms with van der Waals surface area (Å²) in [5.41, 5.74) is 1.74. The molecule has 1 saturated heterocycles. The van der Waals surface area contributed by atoms with E-state index in [-0.39, 0.29) is 25.0 Å². The van der Waals surface area contributed by atoms with Gasteiger partial charge >= 0.3 is 5.97 Å². The van der Waals surface area contributed by atoms with E-state index in [4.69, 9.17) is 21.1 Å². The number of ether oxygens (including phenoxy) is 2. The van der Waals surface area contributed by atoms with Crippen molar-refractivity contribution in [2.45, 2.75) is 38.2 Å². The minimum Gasteiger partial charge on any atom is -0.460 e. The van der Waals surface area contributed by atoms with Gasteiger partial charge in [0.25, 0.3) is 0 Å². The third-order valence-electron chi connectivity index (χ3n) is 4.39. The molecule has 1 fully saturated rings. The molecular weight excluding hydrogens is 330 g/mol. The Hall–Kier alpha value is -1.85. The van der Waals surface area contributed by atoms with Crippen molar-refractivity contribution in [3.8, 4) is 0 Å². The monoisotopic (exact) mass is 349 g/mol. The summed E-state index contributed by atoms with van der Waals surface area (Å²) >= 11 is 6.28. The van der Waals surface area contributed by atoms with Gasteiger partial charge in [0.15, 0.2) is 0 Å². The zero-order valence-corrected chi connectivity index (χ0v) is 14.3. The highest BCUT2D eigenvalue weighted by molar-refractivity contribution is 6.31. The zero-order valence-electron chi connectivity index (χ0n) is 13.5. The van der Waals surface area contributed by atoms with E-state index in [2.05, 4.69) is 5.32 Å². The molecule has 2 atom stereocenters. The predicted molar refractivity (Wildman–Crippen MR) is 89.6 cm³/mol. The molecule has 0 aliphatic carbocycles. The molecule has 0 radical (unpaired) electrons. The summed E-state index contributed by atoms with van der Waals surface area (Å²) in [6, 6.07) is 7.26. The van der Waals surface area contributed by atoms with Gasteiger partial charge in [-0.25, -0.2) is 4.79 Å². The Morgan fingerprint density at radius 1 is 1.42 bits per heavy atom. The van der Waals surface area contributed by atoms with E-state index in [9.17, 15) is 9.59 Å². The zero-order chi connectivity index (χ0) is 17.1. The largest absolute Gasteiger partial charge is 0.460 e. The molecular formula is C18H20ClNO4. The summed E-state index contributed by atoms with van der Waals surface area (Å²) in [6.45, 7) is 2.66. The van der Waals surface area contributed by atoms with Crippen molar-refractivity contribution < 1.29 is 19.1 Å². The number of benzene rings is 1. The van der Waals surface area contributed by atoms with Crippen LogP contribution in [0.25, 0.3) is 0 Å². The summed E-state index contributed by atoms with van der Waals surface area (Å²) in [5.74, 6) is -0.953. The standard InChI is InChI=1S/C18H20ClNO4/c1-11-17(18(22)24-10-12-5-4-8-23-12)14(9-16(21)20-11)13-6-2-3-7-15(13)19/h2-3,6-7,12,14H,4-5,8-10H2,1H3,(H,20,21)/t12-,14-/m0/s1. The molecule has 0 saturated carbocycles. The van der Waals surface area contributed by atoms with Crippen molar-refractivity contribution in [1.82, 2.24) is 5.32 Å². The van der Waals surface area contributed by atoms with Crippen molar-refractivity contribution in [3.63, 3.8) is 0 Å². The smallest absolute Gasteiger partial charge is 0.336 e. The first kappa shape index (κ1) is 17.0. The summed E-state index contributed by atoms with van der Waals surface area (Å²) in [5, 5.41) is 3.26. The molecule has 24 heavy (non-hydrogen) atoms. The van der Waals surface area contributed by atoms with Crippen LogP contribution >= 0.6 is 11.6 Å². The molecule has 1 N–H and O–H groups in total. The molecule has 5 nitrogen and oxygen atoms in total. The maximum Gasteiger partial charge on any atom is 0.336 e. The SMILES string of the molecule is CC1=C(C(=O)OC[C@@H]2CCCO2)[C@H](c2ccccc2Cl)CC(=O)N1. The average Bonchev–Trinajstić information content (AvgIpc) is 3.06. The molecule has 128 valence electrons. The molecule has 2 aliphatic heterocycles. The van der Waals surface area contributed by atoms with Crippen LogP contribution in [0, 0.1) is 0 Å². The van der Waals surface area contributed by atoms with Crippen LogP contribution < -0.4 is 5.32 Å². The minimum absolute atomic E-state index is 0.0354. The fraction of sp³-hybridized carbons (Fsp3) is 0.444. The first-order chi connectivity index (χ1) is 11.6. The van der Waals surface area contributed by atoms with Crippen LogP contribution in [0.15, 0.2) is 35.5 Å². The third kappa shape index (κ3) is 3.62. The van der Waals surface area contributed by atoms with Crippen LogP contribution in [0.5, 0.6) is 0 Å². The number of amides is 1. The highest BCUT2D eigenvalue weighted by Crippen LogP contribution is 2.37. The molecule has 1 aromatic carbocycles. The highest BCUT2D eigenvalue weighted by atomic mass is 35.5. The molecule has 0 aromatic heterocycles. The van der Waals surface area contributed by atoms with E-state index < -0.39 is 11.9 Å². The van der Waals surface area contributed by atoms with Gasteiger partial charge in [0.2, 0.25) is 5.91 Å². The van der Waals surface area contributed by atoms with E-state index in [0.717, 1.165) is 18.4 Å². The molecule has 1 aromatic rings. The number of halogens is 1. The Labute approximate surface area is 146 Å². The molecule has 1 amide bonds. The Kier molecular flexibility index (Phi) is 5.21. The second kappa shape index (κ2) is 7.36. The van der Waals surface area contributed by atoms with Gasteiger partial charge < -0.3 is 14.8 Å². The van der Waals surface area contributed by atoms with Gasteiger partial charge in [0.05, 0.1) is 11.7 Å². The van der Waals surface area contributed by atoms with Crippen molar-refractivity contribution >= 4 is 23.5 Å². The first-order valence-corrected chi connectivity index (χ1v) is 8.48. The van der Waals surface area contributed by atoms with Crippen molar-refractivity contribution in [1.29, 1.82) is 0 Å². The lowest BCUT2D eigenvalue weighted by molar-refractivity contribution is -0.142. The molecule has 0 bridgehead atoms. The number of hydrogen-bond donors (Lipinski definition) is 1. The van der Waals surface area contributed by atoms with E-state index in [1.54, 1.807) is 13.0 Å². The van der Waals surface area contributed by atoms with Crippen molar-refractivity contribution in [2.24, 2.45) is 0 Å². The predicted octanol–water partition coefficient (Wildman–Crippen LogP) is 2.94. The lowest BCUT2D eigenvalue weighted by atomic mass is 9.84. The number of allylic oxidation sites excluding steroid dienone is 1. The minimum atomic E-state index is -0.423. The summed E-state index contributed by atoms with van der Waals surface area (Å²) in [6.07, 6.45) is 2.02. The maximum absolute atomic E-state index is 12.6. The fourth-order valence-corrected chi connectivity index (χ4v) is 3.48. The quantitative estimate of drug-likeness (QED) is 0.849. The van der Waals surface area contributed by atoms with Gasteiger partial charge in [-0.05, 0) is 31.4 Å². The summed E-state index contributed by atoms with van der Waals surface area (Å²) in [4.78, 5) is 24.6. The molecule has 0 spiro atoms. The number of rotatable bonds is 4. The van der Waals surface area contributed by atoms with Crippen LogP contribution in [0.3, 0.4) is 0 Å². The van der Waals surface area contributed by atoms with Gasteiger partial charge in [-0.2, -0.15) is 0 Å². The molecule has 3 rings (SSSR count). The van der Waals surface area contributed by atoms with Crippen molar-refractivity contribution in [3.05, 3.63) is 46.1 Å². The van der Waals surface area contributed by atoms with Gasteiger partial charge in [0, 0.05) is 29.7 Å². The molecule has 6 heteroatoms. The van der Waals surface area contributed by atoms with Crippen LogP contribution in [0.2, 0.25) is 5.02 Å². The second-order valence-electron chi connectivity index (χ2n) is 6.10. The lowest BCUT2D eigenvalue weighted by Crippen LogP contribution is -2.34. The summed E-state index contributed by atoms with van der Waals surface area (Å²) < 4.78 is 10.9. The number of nitrogens with one attached hydrogen (secondary N) is 1. The molecule has 2 heterocycles. The molecule has 0 unspecified atom stereocenters. The highest BCUT2D eigenvalue weighted by Gasteiger charge is 2.34. The Balaban J connectivity index is 1.83. The fourth-order valence-electron chi connectivity index (χ4n) is 3.22. The third-order valence-corrected chi connectivity index (χ3v) is 4.74. The van der Waals surface area contributed by atoms with Crippen LogP contribution in [-0.2, 0) is 19.1 Å². The second-order valence-corrected chi connectivity index (χ2v) is 6.51. The van der Waals surface area contributed by atoms with Gasteiger partial charge in [-0.1, -0.05) is 29.8 Å². The van der Waals surface area contributed by atoms with Crippen LogP contribution in [-0.4, -0.2) is 31.2 Å². The Morgan fingerprint density at radius 3 is 2.92 bits per heavy atom. The number of carbonyl (C=O) groups excluding carboxylic acids is 2. The first-order valence-electron chi connectivity index (χ1n) is 8.10. The van der Waals surface area contributed by atoms with Gasteiger partial charge in [0.1, 0.15) is 6.61 Å². The van der Waals surface area contributed by atoms with Crippen LogP contribution in [0.1, 0.15) is 37.7 Å². The van der Waals surface area contributed by atoms with E-state index in [1.165, 1.54) is 0 Å². The lowest BCUT2D eigenvalue weighted by Gasteiger charge is -2.27. The topological polar surface area (TPSA) is 64.6 Å². The van der Waals surface area contributed by atoms with E-state index in [1.807, 2.05) is 18.2 Å². The summed E-state index contributed by atoms with van der Waals surface area (Å²) in [7, 11) is 0. The average molecular weight is 350 g/mol. The molecule has 2 aliphatic rings. The Morgan fingerprint density at radius 2 is 2.21 bits per heavy atom. The normalized spacial score (nSPS) is 24.0. The van der Waals surface area contributed by atoms with Crippen molar-refractivity contribution in [2.75, 3.05) is 13.2 Å². The number of hydrogen-bond acceptors (Lipinski definition) is 4. The van der Waals surface area contributed by atoms with E-state index in [0.29, 0.717) is 22.9 Å². The van der Waals surface area contributed by atoms with Gasteiger partial charge in [-0.3, -0.25) is 4.79 Å². The Bertz CT molecular complexity index is 679. The maximum atomic E-state index is 12.6. The number of carbonyl (C=O) groups is 2.